The number of hydrogen-bond acceptors (Lipinski definition) is 4. The first-order valence-electron chi connectivity index (χ1n) is 6.24. The van der Waals surface area contributed by atoms with E-state index < -0.39 is 4.92 Å². The molecule has 19 heavy (non-hydrogen) atoms. The van der Waals surface area contributed by atoms with Crippen LogP contribution in [0.3, 0.4) is 0 Å². The fraction of sp³-hybridized carbons (Fsp3) is 0.462. The maximum absolute atomic E-state index is 12.3. The maximum atomic E-state index is 12.3. The van der Waals surface area contributed by atoms with Gasteiger partial charge in [0.05, 0.1) is 10.5 Å². The second-order valence-electron chi connectivity index (χ2n) is 4.87. The molecule has 0 aliphatic heterocycles. The number of nitrogens with one attached hydrogen (secondary N) is 1. The number of nitrogens with zero attached hydrogens (tertiary/aromatic N) is 2. The van der Waals surface area contributed by atoms with Crippen LogP contribution in [0.1, 0.15) is 23.2 Å². The van der Waals surface area contributed by atoms with Gasteiger partial charge in [0.2, 0.25) is 0 Å². The SMILES string of the molecule is CNc1ccc([N+](=O)[O-])cc1C(=O)N(C)CC1CC1. The quantitative estimate of drug-likeness (QED) is 0.652. The zero-order valence-electron chi connectivity index (χ0n) is 11.0. The summed E-state index contributed by atoms with van der Waals surface area (Å²) in [5, 5.41) is 13.7. The van der Waals surface area contributed by atoms with Crippen molar-refractivity contribution in [1.29, 1.82) is 0 Å². The number of carbonyl (C=O) groups excluding carboxylic acids is 1. The molecule has 0 saturated heterocycles. The van der Waals surface area contributed by atoms with Crippen LogP contribution in [0.2, 0.25) is 0 Å². The van der Waals surface area contributed by atoms with Gasteiger partial charge in [-0.15, -0.1) is 0 Å². The number of hydrogen-bond donors (Lipinski definition) is 1. The molecule has 1 aliphatic rings. The van der Waals surface area contributed by atoms with Crippen LogP contribution >= 0.6 is 0 Å². The smallest absolute Gasteiger partial charge is 0.270 e. The molecule has 0 atom stereocenters. The number of nitro groups is 1. The second-order valence-corrected chi connectivity index (χ2v) is 4.87. The van der Waals surface area contributed by atoms with E-state index in [1.807, 2.05) is 0 Å². The number of amides is 1. The van der Waals surface area contributed by atoms with Crippen molar-refractivity contribution in [2.75, 3.05) is 26.0 Å². The first kappa shape index (κ1) is 13.3. The average molecular weight is 263 g/mol. The van der Waals surface area contributed by atoms with Gasteiger partial charge in [-0.3, -0.25) is 14.9 Å². The summed E-state index contributed by atoms with van der Waals surface area (Å²) in [7, 11) is 3.43. The third-order valence-corrected chi connectivity index (χ3v) is 3.29. The summed E-state index contributed by atoms with van der Waals surface area (Å²) in [6, 6.07) is 4.29. The molecule has 1 aliphatic carbocycles. The highest BCUT2D eigenvalue weighted by Crippen LogP contribution is 2.30. The predicted octanol–water partition coefficient (Wildman–Crippen LogP) is 2.12. The summed E-state index contributed by atoms with van der Waals surface area (Å²) >= 11 is 0. The molecule has 0 spiro atoms. The first-order chi connectivity index (χ1) is 9.02. The lowest BCUT2D eigenvalue weighted by molar-refractivity contribution is -0.384. The van der Waals surface area contributed by atoms with E-state index in [2.05, 4.69) is 5.32 Å². The summed E-state index contributed by atoms with van der Waals surface area (Å²) in [4.78, 5) is 24.3. The Morgan fingerprint density at radius 3 is 2.74 bits per heavy atom. The molecule has 1 saturated carbocycles. The zero-order valence-corrected chi connectivity index (χ0v) is 11.0. The standard InChI is InChI=1S/C13H17N3O3/c1-14-12-6-5-10(16(18)19)7-11(12)13(17)15(2)8-9-3-4-9/h5-7,9,14H,3-4,8H2,1-2H3. The van der Waals surface area contributed by atoms with Crippen LogP contribution in [-0.4, -0.2) is 36.4 Å². The van der Waals surface area contributed by atoms with Crippen molar-refractivity contribution >= 4 is 17.3 Å². The lowest BCUT2D eigenvalue weighted by Gasteiger charge is -2.18. The Kier molecular flexibility index (Phi) is 3.69. The Balaban J connectivity index is 2.26. The van der Waals surface area contributed by atoms with E-state index >= 15 is 0 Å². The monoisotopic (exact) mass is 263 g/mol. The topological polar surface area (TPSA) is 75.5 Å². The van der Waals surface area contributed by atoms with Crippen LogP contribution in [0.25, 0.3) is 0 Å². The van der Waals surface area contributed by atoms with Crippen molar-refractivity contribution in [2.45, 2.75) is 12.8 Å². The molecule has 1 amide bonds. The van der Waals surface area contributed by atoms with Gasteiger partial charge < -0.3 is 10.2 Å². The van der Waals surface area contributed by atoms with Crippen LogP contribution in [0.5, 0.6) is 0 Å². The highest BCUT2D eigenvalue weighted by atomic mass is 16.6. The summed E-state index contributed by atoms with van der Waals surface area (Å²) in [6.45, 7) is 0.713. The molecule has 1 fully saturated rings. The molecule has 1 N–H and O–H groups in total. The second kappa shape index (κ2) is 5.26. The molecular formula is C13H17N3O3. The molecule has 0 bridgehead atoms. The Morgan fingerprint density at radius 2 is 2.21 bits per heavy atom. The normalized spacial score (nSPS) is 14.0. The minimum Gasteiger partial charge on any atom is -0.387 e. The van der Waals surface area contributed by atoms with Gasteiger partial charge in [0.25, 0.3) is 11.6 Å². The van der Waals surface area contributed by atoms with Gasteiger partial charge in [-0.05, 0) is 24.8 Å². The van der Waals surface area contributed by atoms with E-state index in [1.165, 1.54) is 12.1 Å². The number of carbonyl (C=O) groups is 1. The molecule has 0 heterocycles. The molecule has 0 aromatic heterocycles. The zero-order chi connectivity index (χ0) is 14.0. The van der Waals surface area contributed by atoms with Crippen molar-refractivity contribution < 1.29 is 9.72 Å². The number of anilines is 1. The Bertz CT molecular complexity index is 512. The first-order valence-corrected chi connectivity index (χ1v) is 6.24. The Labute approximate surface area is 111 Å². The summed E-state index contributed by atoms with van der Waals surface area (Å²) in [6.07, 6.45) is 2.32. The summed E-state index contributed by atoms with van der Waals surface area (Å²) in [5.41, 5.74) is 0.889. The third kappa shape index (κ3) is 3.01. The average Bonchev–Trinajstić information content (AvgIpc) is 3.20. The number of rotatable bonds is 5. The van der Waals surface area contributed by atoms with E-state index in [0.29, 0.717) is 23.7 Å². The predicted molar refractivity (Wildman–Crippen MR) is 72.3 cm³/mol. The van der Waals surface area contributed by atoms with E-state index in [1.54, 1.807) is 25.1 Å². The lowest BCUT2D eigenvalue weighted by Crippen LogP contribution is -2.29. The van der Waals surface area contributed by atoms with Gasteiger partial charge >= 0.3 is 0 Å². The third-order valence-electron chi connectivity index (χ3n) is 3.29. The van der Waals surface area contributed by atoms with Crippen molar-refractivity contribution in [3.63, 3.8) is 0 Å². The van der Waals surface area contributed by atoms with Crippen molar-refractivity contribution in [1.82, 2.24) is 4.90 Å². The fourth-order valence-corrected chi connectivity index (χ4v) is 2.02. The molecule has 0 radical (unpaired) electrons. The van der Waals surface area contributed by atoms with E-state index in [9.17, 15) is 14.9 Å². The highest BCUT2D eigenvalue weighted by molar-refractivity contribution is 6.00. The van der Waals surface area contributed by atoms with Crippen LogP contribution in [0, 0.1) is 16.0 Å². The van der Waals surface area contributed by atoms with Gasteiger partial charge in [0.15, 0.2) is 0 Å². The number of benzene rings is 1. The van der Waals surface area contributed by atoms with Crippen LogP contribution < -0.4 is 5.32 Å². The van der Waals surface area contributed by atoms with E-state index in [0.717, 1.165) is 12.8 Å². The summed E-state index contributed by atoms with van der Waals surface area (Å²) in [5.74, 6) is 0.408. The Morgan fingerprint density at radius 1 is 1.53 bits per heavy atom. The van der Waals surface area contributed by atoms with Crippen LogP contribution in [0.15, 0.2) is 18.2 Å². The largest absolute Gasteiger partial charge is 0.387 e. The molecule has 2 rings (SSSR count). The number of nitro benzene ring substituents is 1. The van der Waals surface area contributed by atoms with Crippen molar-refractivity contribution in [2.24, 2.45) is 5.92 Å². The van der Waals surface area contributed by atoms with Gasteiger partial charge in [-0.1, -0.05) is 0 Å². The minimum absolute atomic E-state index is 0.0674. The molecule has 1 aromatic rings. The van der Waals surface area contributed by atoms with Crippen molar-refractivity contribution in [3.05, 3.63) is 33.9 Å². The fourth-order valence-electron chi connectivity index (χ4n) is 2.02. The molecular weight excluding hydrogens is 246 g/mol. The van der Waals surface area contributed by atoms with Gasteiger partial charge in [-0.2, -0.15) is 0 Å². The molecule has 6 nitrogen and oxygen atoms in total. The van der Waals surface area contributed by atoms with Crippen LogP contribution in [0.4, 0.5) is 11.4 Å². The van der Waals surface area contributed by atoms with E-state index in [-0.39, 0.29) is 11.6 Å². The highest BCUT2D eigenvalue weighted by Gasteiger charge is 2.26. The van der Waals surface area contributed by atoms with Crippen molar-refractivity contribution in [3.8, 4) is 0 Å². The maximum Gasteiger partial charge on any atom is 0.270 e. The minimum atomic E-state index is -0.489. The number of non-ortho nitro benzene ring substituents is 1. The molecule has 6 heteroatoms. The van der Waals surface area contributed by atoms with Gasteiger partial charge in [-0.25, -0.2) is 0 Å². The molecule has 0 unspecified atom stereocenters. The summed E-state index contributed by atoms with van der Waals surface area (Å²) < 4.78 is 0. The van der Waals surface area contributed by atoms with Crippen LogP contribution in [-0.2, 0) is 0 Å². The van der Waals surface area contributed by atoms with E-state index in [4.69, 9.17) is 0 Å². The van der Waals surface area contributed by atoms with Gasteiger partial charge in [0.1, 0.15) is 0 Å². The lowest BCUT2D eigenvalue weighted by atomic mass is 10.1. The van der Waals surface area contributed by atoms with Gasteiger partial charge in [0, 0.05) is 38.5 Å². The molecule has 102 valence electrons. The molecule has 1 aromatic carbocycles. The Hall–Kier alpha value is -2.11.